The van der Waals surface area contributed by atoms with Gasteiger partial charge in [0.2, 0.25) is 0 Å². The highest BCUT2D eigenvalue weighted by atomic mass is 16.3. The van der Waals surface area contributed by atoms with Crippen LogP contribution in [0.25, 0.3) is 0 Å². The topological polar surface area (TPSA) is 60.7 Å². The Labute approximate surface area is 123 Å². The van der Waals surface area contributed by atoms with Crippen molar-refractivity contribution in [1.29, 1.82) is 0 Å². The van der Waals surface area contributed by atoms with Crippen LogP contribution in [0.1, 0.15) is 65.2 Å². The van der Waals surface area contributed by atoms with Gasteiger partial charge in [0.1, 0.15) is 12.2 Å². The van der Waals surface area contributed by atoms with Gasteiger partial charge in [0.15, 0.2) is 0 Å². The van der Waals surface area contributed by atoms with E-state index in [0.717, 1.165) is 12.8 Å². The molecule has 3 atom stereocenters. The quantitative estimate of drug-likeness (QED) is 0.448. The molecule has 1 unspecified atom stereocenters. The van der Waals surface area contributed by atoms with Crippen molar-refractivity contribution in [2.24, 2.45) is 0 Å². The summed E-state index contributed by atoms with van der Waals surface area (Å²) in [7, 11) is 0. The monoisotopic (exact) mass is 280 g/mol. The average molecular weight is 280 g/mol. The first-order chi connectivity index (χ1) is 9.57. The SMILES string of the molecule is CCCCCCCCCC(O)C#CC#C[C@H](O)[C@H](C)O. The molecule has 0 aliphatic rings. The first-order valence-corrected chi connectivity index (χ1v) is 7.63. The van der Waals surface area contributed by atoms with Gasteiger partial charge in [-0.15, -0.1) is 0 Å². The van der Waals surface area contributed by atoms with Gasteiger partial charge in [-0.05, 0) is 31.6 Å². The highest BCUT2D eigenvalue weighted by Gasteiger charge is 2.04. The molecule has 0 amide bonds. The molecule has 3 nitrogen and oxygen atoms in total. The second-order valence-electron chi connectivity index (χ2n) is 5.15. The summed E-state index contributed by atoms with van der Waals surface area (Å²) in [5.74, 6) is 9.98. The van der Waals surface area contributed by atoms with E-state index in [-0.39, 0.29) is 0 Å². The molecule has 0 aliphatic carbocycles. The van der Waals surface area contributed by atoms with E-state index in [4.69, 9.17) is 5.11 Å². The Morgan fingerprint density at radius 2 is 1.35 bits per heavy atom. The summed E-state index contributed by atoms with van der Waals surface area (Å²) in [6.07, 6.45) is 6.54. The third-order valence-electron chi connectivity index (χ3n) is 3.06. The van der Waals surface area contributed by atoms with Crippen LogP contribution in [0.4, 0.5) is 0 Å². The summed E-state index contributed by atoms with van der Waals surface area (Å²) in [6, 6.07) is 0. The van der Waals surface area contributed by atoms with Crippen molar-refractivity contribution in [2.75, 3.05) is 0 Å². The fourth-order valence-corrected chi connectivity index (χ4v) is 1.72. The van der Waals surface area contributed by atoms with Crippen LogP contribution in [0.15, 0.2) is 0 Å². The minimum atomic E-state index is -1.08. The van der Waals surface area contributed by atoms with Gasteiger partial charge in [0.25, 0.3) is 0 Å². The van der Waals surface area contributed by atoms with Crippen LogP contribution in [0, 0.1) is 23.7 Å². The third kappa shape index (κ3) is 12.1. The van der Waals surface area contributed by atoms with Gasteiger partial charge in [-0.25, -0.2) is 0 Å². The number of unbranched alkanes of at least 4 members (excludes halogenated alkanes) is 6. The minimum Gasteiger partial charge on any atom is -0.390 e. The molecule has 3 heteroatoms. The number of hydrogen-bond donors (Lipinski definition) is 3. The largest absolute Gasteiger partial charge is 0.390 e. The summed E-state index contributed by atoms with van der Waals surface area (Å²) >= 11 is 0. The van der Waals surface area contributed by atoms with Crippen LogP contribution in [0.5, 0.6) is 0 Å². The Hall–Kier alpha value is -1.00. The van der Waals surface area contributed by atoms with E-state index < -0.39 is 18.3 Å². The Balaban J connectivity index is 3.66. The van der Waals surface area contributed by atoms with Gasteiger partial charge in [0, 0.05) is 0 Å². The highest BCUT2D eigenvalue weighted by Crippen LogP contribution is 2.09. The molecule has 0 bridgehead atoms. The first-order valence-electron chi connectivity index (χ1n) is 7.63. The molecule has 0 saturated carbocycles. The second kappa shape index (κ2) is 13.0. The molecule has 0 spiro atoms. The molecular formula is C17H28O3. The number of aliphatic hydroxyl groups excluding tert-OH is 3. The summed E-state index contributed by atoms with van der Waals surface area (Å²) in [6.45, 7) is 3.67. The maximum absolute atomic E-state index is 9.61. The Morgan fingerprint density at radius 1 is 0.800 bits per heavy atom. The standard InChI is InChI=1S/C17H28O3/c1-3-4-5-6-7-8-9-12-16(19)13-10-11-14-17(20)15(2)18/h15-20H,3-9,12H2,1-2H3/t15-,16?,17-/m0/s1. The lowest BCUT2D eigenvalue weighted by atomic mass is 10.1. The normalized spacial score (nSPS) is 14.4. The molecule has 0 aromatic rings. The highest BCUT2D eigenvalue weighted by molar-refractivity contribution is 5.28. The molecule has 0 rings (SSSR count). The molecule has 20 heavy (non-hydrogen) atoms. The predicted molar refractivity (Wildman–Crippen MR) is 81.9 cm³/mol. The van der Waals surface area contributed by atoms with Crippen LogP contribution in [-0.2, 0) is 0 Å². The summed E-state index contributed by atoms with van der Waals surface area (Å²) in [5, 5.41) is 27.8. The van der Waals surface area contributed by atoms with Gasteiger partial charge in [-0.3, -0.25) is 0 Å². The molecule has 114 valence electrons. The Morgan fingerprint density at radius 3 is 1.95 bits per heavy atom. The molecule has 0 saturated heterocycles. The van der Waals surface area contributed by atoms with E-state index in [1.807, 2.05) is 0 Å². The predicted octanol–water partition coefficient (Wildman–Crippen LogP) is 2.24. The van der Waals surface area contributed by atoms with Crippen molar-refractivity contribution < 1.29 is 15.3 Å². The van der Waals surface area contributed by atoms with Crippen molar-refractivity contribution in [3.05, 3.63) is 0 Å². The van der Waals surface area contributed by atoms with E-state index in [2.05, 4.69) is 30.6 Å². The van der Waals surface area contributed by atoms with Gasteiger partial charge >= 0.3 is 0 Å². The summed E-state index contributed by atoms with van der Waals surface area (Å²) in [4.78, 5) is 0. The van der Waals surface area contributed by atoms with Crippen molar-refractivity contribution in [3.63, 3.8) is 0 Å². The molecule has 0 fully saturated rings. The van der Waals surface area contributed by atoms with Crippen molar-refractivity contribution >= 4 is 0 Å². The lowest BCUT2D eigenvalue weighted by Crippen LogP contribution is -2.19. The molecule has 3 N–H and O–H groups in total. The molecule has 0 heterocycles. The number of rotatable bonds is 9. The summed E-state index contributed by atoms with van der Waals surface area (Å²) < 4.78 is 0. The van der Waals surface area contributed by atoms with E-state index in [0.29, 0.717) is 6.42 Å². The lowest BCUT2D eigenvalue weighted by molar-refractivity contribution is 0.0678. The fraction of sp³-hybridized carbons (Fsp3) is 0.765. The van der Waals surface area contributed by atoms with E-state index in [9.17, 15) is 10.2 Å². The van der Waals surface area contributed by atoms with Gasteiger partial charge in [-0.2, -0.15) is 0 Å². The first kappa shape index (κ1) is 19.0. The number of aliphatic hydroxyl groups is 3. The van der Waals surface area contributed by atoms with Crippen LogP contribution in [0.2, 0.25) is 0 Å². The zero-order valence-electron chi connectivity index (χ0n) is 12.7. The molecular weight excluding hydrogens is 252 g/mol. The van der Waals surface area contributed by atoms with Crippen LogP contribution in [-0.4, -0.2) is 33.6 Å². The molecule has 0 aromatic carbocycles. The lowest BCUT2D eigenvalue weighted by Gasteiger charge is -2.04. The average Bonchev–Trinajstić information content (AvgIpc) is 2.42. The van der Waals surface area contributed by atoms with Crippen molar-refractivity contribution in [3.8, 4) is 23.7 Å². The molecule has 0 aromatic heterocycles. The molecule has 0 radical (unpaired) electrons. The van der Waals surface area contributed by atoms with E-state index >= 15 is 0 Å². The molecule has 0 aliphatic heterocycles. The zero-order chi connectivity index (χ0) is 15.2. The third-order valence-corrected chi connectivity index (χ3v) is 3.06. The maximum Gasteiger partial charge on any atom is 0.141 e. The fourth-order valence-electron chi connectivity index (χ4n) is 1.72. The minimum absolute atomic E-state index is 0.649. The van der Waals surface area contributed by atoms with Crippen LogP contribution in [0.3, 0.4) is 0 Å². The van der Waals surface area contributed by atoms with Crippen LogP contribution < -0.4 is 0 Å². The van der Waals surface area contributed by atoms with Crippen LogP contribution >= 0.6 is 0 Å². The smallest absolute Gasteiger partial charge is 0.141 e. The van der Waals surface area contributed by atoms with Crippen molar-refractivity contribution in [2.45, 2.75) is 83.5 Å². The second-order valence-corrected chi connectivity index (χ2v) is 5.15. The number of hydrogen-bond acceptors (Lipinski definition) is 3. The zero-order valence-corrected chi connectivity index (χ0v) is 12.7. The van der Waals surface area contributed by atoms with E-state index in [1.165, 1.54) is 39.0 Å². The van der Waals surface area contributed by atoms with Gasteiger partial charge in [0.05, 0.1) is 6.10 Å². The maximum atomic E-state index is 9.61. The van der Waals surface area contributed by atoms with Gasteiger partial charge < -0.3 is 15.3 Å². The van der Waals surface area contributed by atoms with Crippen molar-refractivity contribution in [1.82, 2.24) is 0 Å². The van der Waals surface area contributed by atoms with Gasteiger partial charge in [-0.1, -0.05) is 57.3 Å². The Kier molecular flexibility index (Phi) is 12.4. The Bertz CT molecular complexity index is 341. The van der Waals surface area contributed by atoms with E-state index in [1.54, 1.807) is 0 Å². The summed E-state index contributed by atoms with van der Waals surface area (Å²) in [5.41, 5.74) is 0.